The molecule has 4 heteroatoms. The van der Waals surface area contributed by atoms with E-state index in [4.69, 9.17) is 0 Å². The third-order valence-electron chi connectivity index (χ3n) is 4.01. The highest BCUT2D eigenvalue weighted by Gasteiger charge is 2.25. The summed E-state index contributed by atoms with van der Waals surface area (Å²) in [4.78, 5) is 1.85. The Morgan fingerprint density at radius 1 is 1.37 bits per heavy atom. The first-order valence-electron chi connectivity index (χ1n) is 7.05. The molecule has 1 aromatic carbocycles. The summed E-state index contributed by atoms with van der Waals surface area (Å²) in [7, 11) is 0. The van der Waals surface area contributed by atoms with E-state index in [-0.39, 0.29) is 11.7 Å². The van der Waals surface area contributed by atoms with E-state index in [1.54, 1.807) is 0 Å². The van der Waals surface area contributed by atoms with E-state index in [2.05, 4.69) is 19.2 Å². The molecule has 2 rings (SSSR count). The molecule has 1 fully saturated rings. The Balaban J connectivity index is 2.23. The molecule has 1 saturated heterocycles. The number of anilines is 1. The number of hydrogen-bond donors (Lipinski definition) is 1. The Bertz CT molecular complexity index is 402. The van der Waals surface area contributed by atoms with E-state index >= 15 is 0 Å². The van der Waals surface area contributed by atoms with E-state index < -0.39 is 11.6 Å². The van der Waals surface area contributed by atoms with Crippen molar-refractivity contribution >= 4 is 5.69 Å². The maximum atomic E-state index is 13.9. The van der Waals surface area contributed by atoms with Gasteiger partial charge >= 0.3 is 0 Å². The number of nitrogens with zero attached hydrogens (tertiary/aromatic N) is 1. The highest BCUT2D eigenvalue weighted by atomic mass is 19.1. The number of nitrogens with one attached hydrogen (secondary N) is 1. The third-order valence-corrected chi connectivity index (χ3v) is 4.01. The molecular weight excluding hydrogens is 246 g/mol. The number of benzene rings is 1. The summed E-state index contributed by atoms with van der Waals surface area (Å²) in [5, 5.41) is 3.48. The van der Waals surface area contributed by atoms with Crippen LogP contribution in [0.2, 0.25) is 0 Å². The lowest BCUT2D eigenvalue weighted by Crippen LogP contribution is -2.42. The second-order valence-electron chi connectivity index (χ2n) is 5.32. The molecule has 0 radical (unpaired) electrons. The molecule has 19 heavy (non-hydrogen) atoms. The van der Waals surface area contributed by atoms with Gasteiger partial charge in [-0.1, -0.05) is 26.3 Å². The molecule has 0 aromatic heterocycles. The van der Waals surface area contributed by atoms with Gasteiger partial charge < -0.3 is 10.2 Å². The fourth-order valence-corrected chi connectivity index (χ4v) is 2.61. The molecule has 1 aromatic rings. The SMILES string of the molecule is CCC(C)C1CN(c2c(F)cccc2F)CCCN1. The predicted octanol–water partition coefficient (Wildman–Crippen LogP) is 3.18. The van der Waals surface area contributed by atoms with Crippen LogP contribution in [0.4, 0.5) is 14.5 Å². The van der Waals surface area contributed by atoms with E-state index in [0.29, 0.717) is 19.0 Å². The zero-order chi connectivity index (χ0) is 13.8. The van der Waals surface area contributed by atoms with Crippen molar-refractivity contribution in [2.45, 2.75) is 32.7 Å². The average molecular weight is 268 g/mol. The van der Waals surface area contributed by atoms with Crippen molar-refractivity contribution in [3.8, 4) is 0 Å². The lowest BCUT2D eigenvalue weighted by molar-refractivity contribution is 0.382. The first-order valence-corrected chi connectivity index (χ1v) is 7.05. The molecule has 1 aliphatic rings. The Morgan fingerprint density at radius 2 is 2.05 bits per heavy atom. The van der Waals surface area contributed by atoms with Crippen LogP contribution in [0, 0.1) is 17.6 Å². The zero-order valence-electron chi connectivity index (χ0n) is 11.6. The van der Waals surface area contributed by atoms with Gasteiger partial charge in [0, 0.05) is 19.1 Å². The molecular formula is C15H22F2N2. The van der Waals surface area contributed by atoms with Crippen molar-refractivity contribution in [1.29, 1.82) is 0 Å². The second-order valence-corrected chi connectivity index (χ2v) is 5.32. The van der Waals surface area contributed by atoms with Gasteiger partial charge in [0.05, 0.1) is 0 Å². The van der Waals surface area contributed by atoms with Crippen LogP contribution in [-0.4, -0.2) is 25.7 Å². The van der Waals surface area contributed by atoms with E-state index in [9.17, 15) is 8.78 Å². The lowest BCUT2D eigenvalue weighted by atomic mass is 9.99. The van der Waals surface area contributed by atoms with Crippen LogP contribution < -0.4 is 10.2 Å². The van der Waals surface area contributed by atoms with E-state index in [0.717, 1.165) is 19.4 Å². The topological polar surface area (TPSA) is 15.3 Å². The molecule has 0 aliphatic carbocycles. The van der Waals surface area contributed by atoms with Crippen molar-refractivity contribution in [2.75, 3.05) is 24.5 Å². The molecule has 2 unspecified atom stereocenters. The average Bonchev–Trinajstić information content (AvgIpc) is 2.64. The Morgan fingerprint density at radius 3 is 2.68 bits per heavy atom. The Labute approximate surface area is 113 Å². The van der Waals surface area contributed by atoms with Crippen molar-refractivity contribution in [1.82, 2.24) is 5.32 Å². The first kappa shape index (κ1) is 14.3. The van der Waals surface area contributed by atoms with Gasteiger partial charge in [0.25, 0.3) is 0 Å². The molecule has 0 bridgehead atoms. The summed E-state index contributed by atoms with van der Waals surface area (Å²) < 4.78 is 27.8. The summed E-state index contributed by atoms with van der Waals surface area (Å²) in [5.41, 5.74) is 0.125. The van der Waals surface area contributed by atoms with Crippen LogP contribution in [0.3, 0.4) is 0 Å². The zero-order valence-corrected chi connectivity index (χ0v) is 11.6. The van der Waals surface area contributed by atoms with Crippen LogP contribution in [0.25, 0.3) is 0 Å². The van der Waals surface area contributed by atoms with Gasteiger partial charge in [-0.25, -0.2) is 8.78 Å². The number of hydrogen-bond acceptors (Lipinski definition) is 2. The van der Waals surface area contributed by atoms with Gasteiger partial charge in [0.2, 0.25) is 0 Å². The van der Waals surface area contributed by atoms with Gasteiger partial charge in [-0.3, -0.25) is 0 Å². The summed E-state index contributed by atoms with van der Waals surface area (Å²) in [6, 6.07) is 4.35. The number of rotatable bonds is 3. The lowest BCUT2D eigenvalue weighted by Gasteiger charge is -2.30. The van der Waals surface area contributed by atoms with Gasteiger partial charge in [-0.2, -0.15) is 0 Å². The quantitative estimate of drug-likeness (QED) is 0.905. The molecule has 106 valence electrons. The minimum Gasteiger partial charge on any atom is -0.365 e. The highest BCUT2D eigenvalue weighted by molar-refractivity contribution is 5.49. The third kappa shape index (κ3) is 3.24. The molecule has 1 N–H and O–H groups in total. The highest BCUT2D eigenvalue weighted by Crippen LogP contribution is 2.25. The van der Waals surface area contributed by atoms with Gasteiger partial charge in [-0.05, 0) is 31.0 Å². The fourth-order valence-electron chi connectivity index (χ4n) is 2.61. The van der Waals surface area contributed by atoms with Crippen LogP contribution in [0.5, 0.6) is 0 Å². The first-order chi connectivity index (χ1) is 9.13. The van der Waals surface area contributed by atoms with Crippen molar-refractivity contribution in [2.24, 2.45) is 5.92 Å². The van der Waals surface area contributed by atoms with Crippen molar-refractivity contribution < 1.29 is 8.78 Å². The van der Waals surface area contributed by atoms with Crippen LogP contribution in [0.1, 0.15) is 26.7 Å². The van der Waals surface area contributed by atoms with Crippen LogP contribution >= 0.6 is 0 Å². The molecule has 1 heterocycles. The maximum Gasteiger partial charge on any atom is 0.149 e. The normalized spacial score (nSPS) is 22.1. The fraction of sp³-hybridized carbons (Fsp3) is 0.600. The maximum absolute atomic E-state index is 13.9. The Kier molecular flexibility index (Phi) is 4.75. The Hall–Kier alpha value is -1.16. The number of para-hydroxylation sites is 1. The molecule has 0 amide bonds. The van der Waals surface area contributed by atoms with Crippen molar-refractivity contribution in [3.63, 3.8) is 0 Å². The molecule has 0 saturated carbocycles. The second kappa shape index (κ2) is 6.33. The number of halogens is 2. The summed E-state index contributed by atoms with van der Waals surface area (Å²) in [6.07, 6.45) is 1.96. The molecule has 0 spiro atoms. The van der Waals surface area contributed by atoms with Crippen molar-refractivity contribution in [3.05, 3.63) is 29.8 Å². The molecule has 2 atom stereocenters. The smallest absolute Gasteiger partial charge is 0.149 e. The minimum absolute atomic E-state index is 0.125. The van der Waals surface area contributed by atoms with E-state index in [1.165, 1.54) is 18.2 Å². The van der Waals surface area contributed by atoms with Gasteiger partial charge in [0.15, 0.2) is 0 Å². The van der Waals surface area contributed by atoms with Crippen LogP contribution in [-0.2, 0) is 0 Å². The molecule has 2 nitrogen and oxygen atoms in total. The predicted molar refractivity (Wildman–Crippen MR) is 74.4 cm³/mol. The summed E-state index contributed by atoms with van der Waals surface area (Å²) in [5.74, 6) is -0.440. The molecule has 1 aliphatic heterocycles. The van der Waals surface area contributed by atoms with E-state index in [1.807, 2.05) is 4.90 Å². The van der Waals surface area contributed by atoms with Gasteiger partial charge in [-0.15, -0.1) is 0 Å². The monoisotopic (exact) mass is 268 g/mol. The summed E-state index contributed by atoms with van der Waals surface area (Å²) >= 11 is 0. The minimum atomic E-state index is -0.468. The largest absolute Gasteiger partial charge is 0.365 e. The summed E-state index contributed by atoms with van der Waals surface area (Å²) in [6.45, 7) is 6.58. The standard InChI is InChI=1S/C15H22F2N2/c1-3-11(2)14-10-19(9-5-8-18-14)15-12(16)6-4-7-13(15)17/h4,6-7,11,14,18H,3,5,8-10H2,1-2H3. The van der Waals surface area contributed by atoms with Gasteiger partial charge in [0.1, 0.15) is 17.3 Å². The van der Waals surface area contributed by atoms with Crippen LogP contribution in [0.15, 0.2) is 18.2 Å².